The smallest absolute Gasteiger partial charge is 0.246 e. The summed E-state index contributed by atoms with van der Waals surface area (Å²) in [7, 11) is 0. The Bertz CT molecular complexity index is 430. The second kappa shape index (κ2) is 3.30. The monoisotopic (exact) mass is 240 g/mol. The summed E-state index contributed by atoms with van der Waals surface area (Å²) in [6.07, 6.45) is 0. The first-order valence-corrected chi connectivity index (χ1v) is 5.79. The normalized spacial score (nSPS) is 17.6. The van der Waals surface area contributed by atoms with Gasteiger partial charge in [-0.05, 0) is 23.1 Å². The van der Waals surface area contributed by atoms with Crippen molar-refractivity contribution < 1.29 is 9.47 Å². The highest BCUT2D eigenvalue weighted by atomic mass is 35.5. The zero-order chi connectivity index (χ0) is 12.1. The number of ether oxygens (including phenoxy) is 2. The van der Waals surface area contributed by atoms with Crippen LogP contribution in [-0.4, -0.2) is 5.79 Å². The fraction of sp³-hybridized carbons (Fsp3) is 0.538. The highest BCUT2D eigenvalue weighted by Crippen LogP contribution is 2.46. The molecule has 0 saturated heterocycles. The molecule has 0 amide bonds. The second-order valence-electron chi connectivity index (χ2n) is 5.64. The van der Waals surface area contributed by atoms with Gasteiger partial charge in [0.25, 0.3) is 0 Å². The van der Waals surface area contributed by atoms with Crippen LogP contribution >= 0.6 is 11.6 Å². The lowest BCUT2D eigenvalue weighted by molar-refractivity contribution is -0.0431. The Kier molecular flexibility index (Phi) is 2.39. The van der Waals surface area contributed by atoms with Crippen molar-refractivity contribution in [2.24, 2.45) is 0 Å². The third kappa shape index (κ3) is 1.99. The van der Waals surface area contributed by atoms with Gasteiger partial charge in [0, 0.05) is 13.8 Å². The quantitative estimate of drug-likeness (QED) is 0.679. The van der Waals surface area contributed by atoms with Gasteiger partial charge in [0.15, 0.2) is 11.5 Å². The number of rotatable bonds is 0. The Hall–Kier alpha value is -0.890. The lowest BCUT2D eigenvalue weighted by Crippen LogP contribution is -2.29. The number of benzene rings is 1. The first-order chi connectivity index (χ1) is 7.19. The molecule has 1 aliphatic heterocycles. The van der Waals surface area contributed by atoms with E-state index in [0.717, 1.165) is 11.3 Å². The zero-order valence-electron chi connectivity index (χ0n) is 10.3. The molecule has 1 aliphatic rings. The van der Waals surface area contributed by atoms with E-state index in [0.29, 0.717) is 10.8 Å². The van der Waals surface area contributed by atoms with Crippen molar-refractivity contribution in [3.05, 3.63) is 22.7 Å². The van der Waals surface area contributed by atoms with Gasteiger partial charge in [-0.3, -0.25) is 0 Å². The Labute approximate surface area is 102 Å². The molecule has 0 aliphatic carbocycles. The highest BCUT2D eigenvalue weighted by molar-refractivity contribution is 6.32. The Balaban J connectivity index is 2.50. The Morgan fingerprint density at radius 3 is 2.31 bits per heavy atom. The van der Waals surface area contributed by atoms with Crippen LogP contribution in [0.5, 0.6) is 11.5 Å². The maximum atomic E-state index is 6.20. The Morgan fingerprint density at radius 2 is 1.75 bits per heavy atom. The molecule has 0 unspecified atom stereocenters. The largest absolute Gasteiger partial charge is 0.449 e. The van der Waals surface area contributed by atoms with E-state index in [9.17, 15) is 0 Å². The van der Waals surface area contributed by atoms with Crippen LogP contribution in [0.1, 0.15) is 40.2 Å². The average Bonchev–Trinajstić information content (AvgIpc) is 2.38. The lowest BCUT2D eigenvalue weighted by atomic mass is 9.87. The van der Waals surface area contributed by atoms with Crippen molar-refractivity contribution >= 4 is 11.6 Å². The second-order valence-corrected chi connectivity index (χ2v) is 6.05. The van der Waals surface area contributed by atoms with Crippen molar-refractivity contribution in [3.63, 3.8) is 0 Å². The third-order valence-electron chi connectivity index (χ3n) is 2.58. The van der Waals surface area contributed by atoms with Gasteiger partial charge in [-0.2, -0.15) is 0 Å². The molecule has 88 valence electrons. The topological polar surface area (TPSA) is 18.5 Å². The molecule has 0 atom stereocenters. The maximum Gasteiger partial charge on any atom is 0.246 e. The van der Waals surface area contributed by atoms with Crippen LogP contribution in [0.2, 0.25) is 5.02 Å². The molecule has 3 heteroatoms. The molecule has 0 bridgehead atoms. The molecule has 0 aromatic heterocycles. The van der Waals surface area contributed by atoms with E-state index < -0.39 is 5.79 Å². The summed E-state index contributed by atoms with van der Waals surface area (Å²) in [6.45, 7) is 10.2. The van der Waals surface area contributed by atoms with Gasteiger partial charge in [0.05, 0.1) is 5.02 Å². The first kappa shape index (κ1) is 11.6. The van der Waals surface area contributed by atoms with Crippen molar-refractivity contribution in [3.8, 4) is 11.5 Å². The fourth-order valence-electron chi connectivity index (χ4n) is 1.71. The summed E-state index contributed by atoms with van der Waals surface area (Å²) >= 11 is 6.20. The van der Waals surface area contributed by atoms with Gasteiger partial charge in [0.2, 0.25) is 5.79 Å². The summed E-state index contributed by atoms with van der Waals surface area (Å²) in [4.78, 5) is 0. The molecule has 1 aromatic carbocycles. The van der Waals surface area contributed by atoms with Crippen LogP contribution in [0.15, 0.2) is 12.1 Å². The molecule has 0 saturated carbocycles. The molecular weight excluding hydrogens is 224 g/mol. The molecule has 2 rings (SSSR count). The van der Waals surface area contributed by atoms with Crippen LogP contribution in [0.25, 0.3) is 0 Å². The lowest BCUT2D eigenvalue weighted by Gasteiger charge is -2.19. The summed E-state index contributed by atoms with van der Waals surface area (Å²) < 4.78 is 11.3. The van der Waals surface area contributed by atoms with Crippen LogP contribution in [0.4, 0.5) is 0 Å². The van der Waals surface area contributed by atoms with Crippen molar-refractivity contribution in [1.29, 1.82) is 0 Å². The van der Waals surface area contributed by atoms with Crippen molar-refractivity contribution in [1.82, 2.24) is 0 Å². The van der Waals surface area contributed by atoms with Crippen LogP contribution < -0.4 is 9.47 Å². The number of halogens is 1. The highest BCUT2D eigenvalue weighted by Gasteiger charge is 2.34. The van der Waals surface area contributed by atoms with Crippen LogP contribution in [-0.2, 0) is 5.41 Å². The Morgan fingerprint density at radius 1 is 1.12 bits per heavy atom. The summed E-state index contributed by atoms with van der Waals surface area (Å²) in [5.41, 5.74) is 1.20. The molecule has 16 heavy (non-hydrogen) atoms. The van der Waals surface area contributed by atoms with Gasteiger partial charge in [-0.25, -0.2) is 0 Å². The minimum atomic E-state index is -0.623. The molecule has 1 aromatic rings. The molecule has 2 nitrogen and oxygen atoms in total. The van der Waals surface area contributed by atoms with Crippen molar-refractivity contribution in [2.75, 3.05) is 0 Å². The van der Waals surface area contributed by atoms with Gasteiger partial charge < -0.3 is 9.47 Å². The van der Waals surface area contributed by atoms with E-state index in [1.807, 2.05) is 26.0 Å². The van der Waals surface area contributed by atoms with E-state index in [4.69, 9.17) is 21.1 Å². The van der Waals surface area contributed by atoms with E-state index in [2.05, 4.69) is 20.8 Å². The van der Waals surface area contributed by atoms with E-state index >= 15 is 0 Å². The molecule has 0 spiro atoms. The molecule has 0 fully saturated rings. The van der Waals surface area contributed by atoms with Crippen LogP contribution in [0.3, 0.4) is 0 Å². The number of fused-ring (bicyclic) bond motifs is 1. The summed E-state index contributed by atoms with van der Waals surface area (Å²) in [5, 5.41) is 0.619. The third-order valence-corrected chi connectivity index (χ3v) is 2.86. The summed E-state index contributed by atoms with van der Waals surface area (Å²) in [6, 6.07) is 3.96. The zero-order valence-corrected chi connectivity index (χ0v) is 11.1. The van der Waals surface area contributed by atoms with Crippen molar-refractivity contribution in [2.45, 2.75) is 45.8 Å². The van der Waals surface area contributed by atoms with Gasteiger partial charge in [-0.1, -0.05) is 32.4 Å². The minimum Gasteiger partial charge on any atom is -0.449 e. The van der Waals surface area contributed by atoms with Gasteiger partial charge in [-0.15, -0.1) is 0 Å². The fourth-order valence-corrected chi connectivity index (χ4v) is 1.96. The average molecular weight is 241 g/mol. The minimum absolute atomic E-state index is 0.0504. The summed E-state index contributed by atoms with van der Waals surface area (Å²) in [5.74, 6) is 0.768. The SMILES string of the molecule is CC1(C)Oc2cc(C(C)(C)C)cc(Cl)c2O1. The van der Waals surface area contributed by atoms with Gasteiger partial charge >= 0.3 is 0 Å². The predicted molar refractivity (Wildman–Crippen MR) is 65.5 cm³/mol. The van der Waals surface area contributed by atoms with Crippen LogP contribution in [0, 0.1) is 0 Å². The van der Waals surface area contributed by atoms with E-state index in [-0.39, 0.29) is 5.41 Å². The van der Waals surface area contributed by atoms with E-state index in [1.54, 1.807) is 0 Å². The number of hydrogen-bond donors (Lipinski definition) is 0. The molecule has 0 N–H and O–H groups in total. The maximum absolute atomic E-state index is 6.20. The molecule has 1 heterocycles. The molecule has 0 radical (unpaired) electrons. The molecular formula is C13H17ClO2. The van der Waals surface area contributed by atoms with E-state index in [1.165, 1.54) is 0 Å². The van der Waals surface area contributed by atoms with Gasteiger partial charge in [0.1, 0.15) is 0 Å². The first-order valence-electron chi connectivity index (χ1n) is 5.41. The number of hydrogen-bond acceptors (Lipinski definition) is 2. The standard InChI is InChI=1S/C13H17ClO2/c1-12(2,3)8-6-9(14)11-10(7-8)15-13(4,5)16-11/h6-7H,1-5H3. The predicted octanol–water partition coefficient (Wildman–Crippen LogP) is 4.14.